The van der Waals surface area contributed by atoms with Gasteiger partial charge in [0.05, 0.1) is 11.5 Å². The second kappa shape index (κ2) is 8.37. The Morgan fingerprint density at radius 2 is 1.84 bits per heavy atom. The number of carbonyl (C=O) groups is 1. The van der Waals surface area contributed by atoms with Crippen molar-refractivity contribution in [2.24, 2.45) is 11.3 Å². The van der Waals surface area contributed by atoms with Crippen molar-refractivity contribution in [3.8, 4) is 11.4 Å². The molecule has 0 spiro atoms. The Balaban J connectivity index is 1.74. The van der Waals surface area contributed by atoms with Crippen molar-refractivity contribution in [3.63, 3.8) is 0 Å². The molecule has 168 valence electrons. The first-order valence-electron chi connectivity index (χ1n) is 10.0. The summed E-state index contributed by atoms with van der Waals surface area (Å²) in [5.41, 5.74) is 0.00460. The third-order valence-corrected chi connectivity index (χ3v) is 6.68. The molecule has 1 aromatic carbocycles. The highest BCUT2D eigenvalue weighted by Gasteiger charge is 2.44. The molecule has 0 aliphatic carbocycles. The van der Waals surface area contributed by atoms with Crippen LogP contribution >= 0.6 is 0 Å². The molecule has 1 fully saturated rings. The minimum Gasteiger partial charge on any atom is -0.493 e. The van der Waals surface area contributed by atoms with Gasteiger partial charge in [0.2, 0.25) is 0 Å². The van der Waals surface area contributed by atoms with Crippen LogP contribution in [0.15, 0.2) is 52.3 Å². The Morgan fingerprint density at radius 3 is 2.35 bits per heavy atom. The van der Waals surface area contributed by atoms with E-state index in [1.165, 1.54) is 27.7 Å². The third kappa shape index (κ3) is 5.10. The summed E-state index contributed by atoms with van der Waals surface area (Å²) in [6.07, 6.45) is 2.49. The number of likely N-dealkylation sites (tertiary alicyclic amines) is 1. The van der Waals surface area contributed by atoms with Crippen LogP contribution in [0.5, 0.6) is 5.75 Å². The van der Waals surface area contributed by atoms with Crippen LogP contribution in [0, 0.1) is 11.3 Å². The van der Waals surface area contributed by atoms with Crippen molar-refractivity contribution in [2.45, 2.75) is 38.1 Å². The molecule has 1 N–H and O–H groups in total. The normalized spacial score (nSPS) is 19.4. The Hall–Kier alpha value is -2.81. The molecule has 3 rings (SSSR count). The summed E-state index contributed by atoms with van der Waals surface area (Å²) in [5.74, 6) is 0.442. The molecule has 1 aromatic heterocycles. The molecule has 0 bridgehead atoms. The van der Waals surface area contributed by atoms with Crippen LogP contribution in [0.25, 0.3) is 5.69 Å². The molecule has 8 nitrogen and oxygen atoms in total. The molecule has 2 atom stereocenters. The minimum atomic E-state index is -3.31. The van der Waals surface area contributed by atoms with Gasteiger partial charge in [-0.3, -0.25) is 9.36 Å². The molecule has 9 heteroatoms. The summed E-state index contributed by atoms with van der Waals surface area (Å²) in [5, 5.41) is 9.49. The fourth-order valence-corrected chi connectivity index (χ4v) is 4.87. The van der Waals surface area contributed by atoms with E-state index in [0.717, 1.165) is 6.26 Å². The maximum atomic E-state index is 12.6. The zero-order valence-electron chi connectivity index (χ0n) is 18.1. The van der Waals surface area contributed by atoms with Crippen molar-refractivity contribution in [1.29, 1.82) is 0 Å². The van der Waals surface area contributed by atoms with Crippen molar-refractivity contribution >= 4 is 15.9 Å². The van der Waals surface area contributed by atoms with Crippen LogP contribution in [0.3, 0.4) is 0 Å². The SMILES string of the molecule is CC(C)(C)C1C(COc2ccn(-c3ccc(S(C)(=O)=O)cc3)c(=O)c2)CCN1C(=O)O. The number of hydrogen-bond acceptors (Lipinski definition) is 5. The largest absolute Gasteiger partial charge is 0.493 e. The smallest absolute Gasteiger partial charge is 0.407 e. The zero-order chi connectivity index (χ0) is 23.0. The summed E-state index contributed by atoms with van der Waals surface area (Å²) >= 11 is 0. The number of ether oxygens (including phenoxy) is 1. The van der Waals surface area contributed by atoms with Gasteiger partial charge in [-0.05, 0) is 42.2 Å². The molecule has 1 aliphatic heterocycles. The van der Waals surface area contributed by atoms with Gasteiger partial charge in [0.25, 0.3) is 5.56 Å². The van der Waals surface area contributed by atoms with Crippen molar-refractivity contribution in [3.05, 3.63) is 52.9 Å². The quantitative estimate of drug-likeness (QED) is 0.754. The molecule has 0 saturated carbocycles. The summed E-state index contributed by atoms with van der Waals surface area (Å²) < 4.78 is 30.5. The van der Waals surface area contributed by atoms with E-state index in [-0.39, 0.29) is 27.8 Å². The van der Waals surface area contributed by atoms with Gasteiger partial charge in [-0.2, -0.15) is 0 Å². The first-order valence-corrected chi connectivity index (χ1v) is 11.9. The van der Waals surface area contributed by atoms with Crippen LogP contribution in [0.4, 0.5) is 4.79 Å². The van der Waals surface area contributed by atoms with E-state index in [9.17, 15) is 23.1 Å². The number of pyridine rings is 1. The highest BCUT2D eigenvalue weighted by Crippen LogP contribution is 2.37. The predicted molar refractivity (Wildman–Crippen MR) is 117 cm³/mol. The molecule has 31 heavy (non-hydrogen) atoms. The van der Waals surface area contributed by atoms with Crippen LogP contribution in [0.1, 0.15) is 27.2 Å². The highest BCUT2D eigenvalue weighted by molar-refractivity contribution is 7.90. The highest BCUT2D eigenvalue weighted by atomic mass is 32.2. The van der Waals surface area contributed by atoms with E-state index in [2.05, 4.69) is 0 Å². The molecule has 1 amide bonds. The molecule has 1 aliphatic rings. The topological polar surface area (TPSA) is 106 Å². The second-order valence-electron chi connectivity index (χ2n) is 8.98. The fourth-order valence-electron chi connectivity index (χ4n) is 4.24. The fraction of sp³-hybridized carbons (Fsp3) is 0.455. The number of carboxylic acid groups (broad SMARTS) is 1. The van der Waals surface area contributed by atoms with Gasteiger partial charge >= 0.3 is 6.09 Å². The number of nitrogens with zero attached hydrogens (tertiary/aromatic N) is 2. The molecular formula is C22H28N2O6S. The van der Waals surface area contributed by atoms with Gasteiger partial charge in [-0.15, -0.1) is 0 Å². The number of hydrogen-bond donors (Lipinski definition) is 1. The first-order chi connectivity index (χ1) is 14.4. The molecule has 2 unspecified atom stereocenters. The maximum Gasteiger partial charge on any atom is 0.407 e. The Bertz CT molecular complexity index is 1120. The minimum absolute atomic E-state index is 0.0297. The Morgan fingerprint density at radius 1 is 1.19 bits per heavy atom. The van der Waals surface area contributed by atoms with Gasteiger partial charge < -0.3 is 14.7 Å². The maximum absolute atomic E-state index is 12.6. The lowest BCUT2D eigenvalue weighted by Crippen LogP contribution is -2.46. The van der Waals surface area contributed by atoms with Gasteiger partial charge in [-0.25, -0.2) is 13.2 Å². The van der Waals surface area contributed by atoms with Crippen molar-refractivity contribution in [1.82, 2.24) is 9.47 Å². The third-order valence-electron chi connectivity index (χ3n) is 5.55. The number of benzene rings is 1. The van der Waals surface area contributed by atoms with E-state index >= 15 is 0 Å². The van der Waals surface area contributed by atoms with Gasteiger partial charge in [0.15, 0.2) is 9.84 Å². The zero-order valence-corrected chi connectivity index (χ0v) is 18.9. The molecule has 0 radical (unpaired) electrons. The number of sulfone groups is 1. The summed E-state index contributed by atoms with van der Waals surface area (Å²) in [4.78, 5) is 25.8. The predicted octanol–water partition coefficient (Wildman–Crippen LogP) is 3.03. The van der Waals surface area contributed by atoms with Gasteiger partial charge in [0.1, 0.15) is 5.75 Å². The van der Waals surface area contributed by atoms with Crippen LogP contribution in [-0.4, -0.2) is 54.5 Å². The van der Waals surface area contributed by atoms with E-state index in [0.29, 0.717) is 31.0 Å². The summed E-state index contributed by atoms with van der Waals surface area (Å²) in [7, 11) is -3.31. The van der Waals surface area contributed by atoms with Crippen LogP contribution < -0.4 is 10.3 Å². The monoisotopic (exact) mass is 448 g/mol. The Kier molecular flexibility index (Phi) is 6.18. The molecule has 1 saturated heterocycles. The van der Waals surface area contributed by atoms with Crippen LogP contribution in [-0.2, 0) is 9.84 Å². The number of rotatable bonds is 5. The average molecular weight is 449 g/mol. The van der Waals surface area contributed by atoms with Gasteiger partial charge in [-0.1, -0.05) is 20.8 Å². The Labute approximate surface area is 182 Å². The van der Waals surface area contributed by atoms with Crippen molar-refractivity contribution < 1.29 is 23.1 Å². The van der Waals surface area contributed by atoms with Gasteiger partial charge in [0, 0.05) is 42.7 Å². The molecular weight excluding hydrogens is 420 g/mol. The summed E-state index contributed by atoms with van der Waals surface area (Å²) in [6, 6.07) is 8.95. The van der Waals surface area contributed by atoms with E-state index in [1.807, 2.05) is 20.8 Å². The number of aromatic nitrogens is 1. The van der Waals surface area contributed by atoms with Crippen LogP contribution in [0.2, 0.25) is 0 Å². The molecule has 2 heterocycles. The molecule has 2 aromatic rings. The lowest BCUT2D eigenvalue weighted by molar-refractivity contribution is 0.0786. The first kappa shape index (κ1) is 22.9. The second-order valence-corrected chi connectivity index (χ2v) is 11.0. The number of amides is 1. The van der Waals surface area contributed by atoms with E-state index in [4.69, 9.17) is 4.74 Å². The lowest BCUT2D eigenvalue weighted by Gasteiger charge is -2.37. The lowest BCUT2D eigenvalue weighted by atomic mass is 9.80. The average Bonchev–Trinajstić information content (AvgIpc) is 3.11. The van der Waals surface area contributed by atoms with E-state index in [1.54, 1.807) is 24.4 Å². The summed E-state index contributed by atoms with van der Waals surface area (Å²) in [6.45, 7) is 6.83. The van der Waals surface area contributed by atoms with Crippen molar-refractivity contribution in [2.75, 3.05) is 19.4 Å². The van der Waals surface area contributed by atoms with E-state index < -0.39 is 15.9 Å². The standard InChI is InChI=1S/C22H28N2O6S/c1-22(2,3)20-15(9-11-24(20)21(26)27)14-30-17-10-12-23(19(25)13-17)16-5-7-18(8-6-16)31(4,28)29/h5-8,10,12-13,15,20H,9,11,14H2,1-4H3,(H,26,27).